The van der Waals surface area contributed by atoms with Crippen molar-refractivity contribution >= 4 is 35.0 Å². The third kappa shape index (κ3) is 6.64. The van der Waals surface area contributed by atoms with Gasteiger partial charge in [0.25, 0.3) is 0 Å². The Balaban J connectivity index is 1.74. The van der Waals surface area contributed by atoms with Gasteiger partial charge < -0.3 is 14.8 Å². The van der Waals surface area contributed by atoms with E-state index < -0.39 is 0 Å². The summed E-state index contributed by atoms with van der Waals surface area (Å²) in [6.45, 7) is 9.00. The van der Waals surface area contributed by atoms with E-state index in [1.165, 1.54) is 17.3 Å². The third-order valence-electron chi connectivity index (χ3n) is 4.20. The van der Waals surface area contributed by atoms with Crippen LogP contribution in [0.2, 0.25) is 5.02 Å². The number of thioether (sulfide) groups is 1. The predicted molar refractivity (Wildman–Crippen MR) is 119 cm³/mol. The lowest BCUT2D eigenvalue weighted by molar-refractivity contribution is -0.113. The van der Waals surface area contributed by atoms with E-state index in [1.807, 2.05) is 25.1 Å². The van der Waals surface area contributed by atoms with Gasteiger partial charge in [-0.2, -0.15) is 0 Å². The lowest BCUT2D eigenvalue weighted by Gasteiger charge is -2.19. The van der Waals surface area contributed by atoms with Crippen LogP contribution in [0.4, 0.5) is 5.69 Å². The molecule has 28 heavy (non-hydrogen) atoms. The minimum atomic E-state index is -0.0837. The van der Waals surface area contributed by atoms with Crippen molar-refractivity contribution < 1.29 is 14.3 Å². The fraction of sp³-hybridized carbons (Fsp3) is 0.409. The number of amides is 1. The van der Waals surface area contributed by atoms with Crippen LogP contribution in [0.5, 0.6) is 11.5 Å². The van der Waals surface area contributed by atoms with Crippen LogP contribution in [-0.4, -0.2) is 31.1 Å². The van der Waals surface area contributed by atoms with Crippen molar-refractivity contribution in [3.63, 3.8) is 0 Å². The number of benzene rings is 2. The van der Waals surface area contributed by atoms with Crippen LogP contribution < -0.4 is 14.8 Å². The molecule has 0 bridgehead atoms. The van der Waals surface area contributed by atoms with E-state index in [0.29, 0.717) is 28.8 Å². The molecule has 0 radical (unpaired) electrons. The minimum Gasteiger partial charge on any atom is -0.495 e. The van der Waals surface area contributed by atoms with Crippen LogP contribution in [0.25, 0.3) is 0 Å². The van der Waals surface area contributed by atoms with Crippen LogP contribution >= 0.6 is 23.4 Å². The smallest absolute Gasteiger partial charge is 0.234 e. The molecule has 0 spiro atoms. The van der Waals surface area contributed by atoms with Gasteiger partial charge in [-0.15, -0.1) is 11.8 Å². The molecule has 0 unspecified atom stereocenters. The number of aryl methyl sites for hydroxylation is 1. The summed E-state index contributed by atoms with van der Waals surface area (Å²) in [6, 6.07) is 11.7. The monoisotopic (exact) mass is 421 g/mol. The average molecular weight is 422 g/mol. The van der Waals surface area contributed by atoms with E-state index in [9.17, 15) is 4.79 Å². The summed E-state index contributed by atoms with van der Waals surface area (Å²) < 4.78 is 11.0. The number of ether oxygens (including phenoxy) is 2. The highest BCUT2D eigenvalue weighted by Gasteiger charge is 2.13. The molecule has 1 N–H and O–H groups in total. The summed E-state index contributed by atoms with van der Waals surface area (Å²) in [7, 11) is 1.55. The molecule has 0 saturated carbocycles. The lowest BCUT2D eigenvalue weighted by Crippen LogP contribution is -2.16. The first kappa shape index (κ1) is 22.4. The van der Waals surface area contributed by atoms with Gasteiger partial charge in [-0.05, 0) is 41.7 Å². The number of rotatable bonds is 8. The number of methoxy groups -OCH3 is 1. The van der Waals surface area contributed by atoms with E-state index in [4.69, 9.17) is 21.1 Å². The maximum atomic E-state index is 12.2. The van der Waals surface area contributed by atoms with Crippen molar-refractivity contribution in [3.05, 3.63) is 52.5 Å². The van der Waals surface area contributed by atoms with Crippen LogP contribution in [0.15, 0.2) is 36.4 Å². The third-order valence-corrected chi connectivity index (χ3v) is 5.53. The highest BCUT2D eigenvalue weighted by atomic mass is 35.5. The van der Waals surface area contributed by atoms with Gasteiger partial charge in [0.15, 0.2) is 0 Å². The molecule has 0 aliphatic rings. The van der Waals surface area contributed by atoms with Crippen molar-refractivity contribution in [1.82, 2.24) is 0 Å². The summed E-state index contributed by atoms with van der Waals surface area (Å²) in [4.78, 5) is 12.2. The Kier molecular flexibility index (Phi) is 8.08. The summed E-state index contributed by atoms with van der Waals surface area (Å²) in [5, 5.41) is 3.48. The molecule has 2 rings (SSSR count). The van der Waals surface area contributed by atoms with Crippen molar-refractivity contribution in [2.45, 2.75) is 33.1 Å². The molecule has 0 aromatic heterocycles. The van der Waals surface area contributed by atoms with E-state index in [1.54, 1.807) is 13.2 Å². The van der Waals surface area contributed by atoms with Crippen molar-refractivity contribution in [2.75, 3.05) is 30.5 Å². The molecule has 0 fully saturated rings. The van der Waals surface area contributed by atoms with E-state index >= 15 is 0 Å². The zero-order valence-corrected chi connectivity index (χ0v) is 18.7. The molecule has 1 amide bonds. The highest BCUT2D eigenvalue weighted by Crippen LogP contribution is 2.31. The molecule has 0 heterocycles. The maximum Gasteiger partial charge on any atom is 0.234 e. The van der Waals surface area contributed by atoms with Gasteiger partial charge in [0.1, 0.15) is 11.5 Å². The first-order valence-electron chi connectivity index (χ1n) is 9.16. The quantitative estimate of drug-likeness (QED) is 0.555. The highest BCUT2D eigenvalue weighted by molar-refractivity contribution is 7.99. The van der Waals surface area contributed by atoms with Crippen molar-refractivity contribution in [1.29, 1.82) is 0 Å². The Bertz CT molecular complexity index is 801. The van der Waals surface area contributed by atoms with E-state index in [-0.39, 0.29) is 11.3 Å². The summed E-state index contributed by atoms with van der Waals surface area (Å²) in [5.74, 6) is 2.39. The Morgan fingerprint density at radius 1 is 1.18 bits per heavy atom. The second kappa shape index (κ2) is 10.1. The van der Waals surface area contributed by atoms with Gasteiger partial charge in [0, 0.05) is 16.8 Å². The van der Waals surface area contributed by atoms with Gasteiger partial charge in [-0.1, -0.05) is 44.5 Å². The zero-order chi connectivity index (χ0) is 20.7. The molecule has 0 aliphatic heterocycles. The van der Waals surface area contributed by atoms with Crippen LogP contribution in [0.1, 0.15) is 31.9 Å². The Morgan fingerprint density at radius 2 is 1.86 bits per heavy atom. The fourth-order valence-corrected chi connectivity index (χ4v) is 3.31. The second-order valence-electron chi connectivity index (χ2n) is 7.53. The average Bonchev–Trinajstić information content (AvgIpc) is 2.64. The maximum absolute atomic E-state index is 12.2. The molecule has 0 atom stereocenters. The molecule has 152 valence electrons. The van der Waals surface area contributed by atoms with Gasteiger partial charge in [0.05, 0.1) is 25.2 Å². The van der Waals surface area contributed by atoms with Crippen molar-refractivity contribution in [2.24, 2.45) is 0 Å². The molecular weight excluding hydrogens is 394 g/mol. The SMILES string of the molecule is COc1cc(Cl)c(C)cc1NC(=O)CSCCOc1ccc(C(C)(C)C)cc1. The number of carbonyl (C=O) groups is 1. The number of halogens is 1. The Labute approximate surface area is 177 Å². The molecule has 6 heteroatoms. The second-order valence-corrected chi connectivity index (χ2v) is 9.04. The van der Waals surface area contributed by atoms with E-state index in [0.717, 1.165) is 17.1 Å². The van der Waals surface area contributed by atoms with Gasteiger partial charge in [0.2, 0.25) is 5.91 Å². The van der Waals surface area contributed by atoms with Crippen LogP contribution in [-0.2, 0) is 10.2 Å². The number of carbonyl (C=O) groups excluding carboxylic acids is 1. The first-order valence-corrected chi connectivity index (χ1v) is 10.7. The number of hydrogen-bond acceptors (Lipinski definition) is 4. The Morgan fingerprint density at radius 3 is 2.46 bits per heavy atom. The molecule has 2 aromatic rings. The molecular formula is C22H28ClNO3S. The molecule has 0 saturated heterocycles. The fourth-order valence-electron chi connectivity index (χ4n) is 2.55. The predicted octanol–water partition coefficient (Wildman–Crippen LogP) is 5.71. The molecule has 4 nitrogen and oxygen atoms in total. The first-order chi connectivity index (χ1) is 13.2. The number of anilines is 1. The normalized spacial score (nSPS) is 11.2. The summed E-state index contributed by atoms with van der Waals surface area (Å²) in [5.41, 5.74) is 2.92. The largest absolute Gasteiger partial charge is 0.495 e. The van der Waals surface area contributed by atoms with E-state index in [2.05, 4.69) is 38.2 Å². The lowest BCUT2D eigenvalue weighted by atomic mass is 9.87. The van der Waals surface area contributed by atoms with Gasteiger partial charge >= 0.3 is 0 Å². The van der Waals surface area contributed by atoms with Gasteiger partial charge in [-0.25, -0.2) is 0 Å². The number of nitrogens with one attached hydrogen (secondary N) is 1. The standard InChI is InChI=1S/C22H28ClNO3S/c1-15-12-19(20(26-5)13-18(15)23)24-21(25)14-28-11-10-27-17-8-6-16(7-9-17)22(2,3)4/h6-9,12-13H,10-11,14H2,1-5H3,(H,24,25). The van der Waals surface area contributed by atoms with Crippen LogP contribution in [0, 0.1) is 6.92 Å². The minimum absolute atomic E-state index is 0.0837. The van der Waals surface area contributed by atoms with Crippen molar-refractivity contribution in [3.8, 4) is 11.5 Å². The molecule has 2 aromatic carbocycles. The summed E-state index contributed by atoms with van der Waals surface area (Å²) in [6.07, 6.45) is 0. The summed E-state index contributed by atoms with van der Waals surface area (Å²) >= 11 is 7.61. The van der Waals surface area contributed by atoms with Crippen LogP contribution in [0.3, 0.4) is 0 Å². The zero-order valence-electron chi connectivity index (χ0n) is 17.1. The molecule has 0 aliphatic carbocycles. The Hall–Kier alpha value is -1.85. The topological polar surface area (TPSA) is 47.6 Å². The number of hydrogen-bond donors (Lipinski definition) is 1. The van der Waals surface area contributed by atoms with Gasteiger partial charge in [-0.3, -0.25) is 4.79 Å².